The van der Waals surface area contributed by atoms with Crippen LogP contribution in [-0.2, 0) is 16.0 Å². The van der Waals surface area contributed by atoms with Gasteiger partial charge in [-0.15, -0.1) is 0 Å². The Labute approximate surface area is 109 Å². The molecule has 3 heteroatoms. The summed E-state index contributed by atoms with van der Waals surface area (Å²) in [6.07, 6.45) is 2.52. The van der Waals surface area contributed by atoms with E-state index in [1.54, 1.807) is 0 Å². The molecule has 98 valence electrons. The lowest BCUT2D eigenvalue weighted by Gasteiger charge is -2.26. The fraction of sp³-hybridized carbons (Fsp3) is 0.533. The molecule has 0 amide bonds. The zero-order valence-electron chi connectivity index (χ0n) is 11.2. The third-order valence-electron chi connectivity index (χ3n) is 3.49. The molecule has 1 aliphatic heterocycles. The van der Waals surface area contributed by atoms with Crippen molar-refractivity contribution >= 4 is 11.7 Å². The molecule has 1 aromatic rings. The summed E-state index contributed by atoms with van der Waals surface area (Å²) in [7, 11) is 0. The summed E-state index contributed by atoms with van der Waals surface area (Å²) in [6, 6.07) is 6.51. The Balaban J connectivity index is 2.18. The van der Waals surface area contributed by atoms with E-state index in [9.17, 15) is 4.79 Å². The number of esters is 1. The van der Waals surface area contributed by atoms with Gasteiger partial charge in [-0.2, -0.15) is 0 Å². The average Bonchev–Trinajstić information content (AvgIpc) is 2.39. The topological polar surface area (TPSA) is 38.3 Å². The minimum atomic E-state index is -0.0859. The molecule has 1 N–H and O–H groups in total. The van der Waals surface area contributed by atoms with Crippen LogP contribution in [0.15, 0.2) is 18.2 Å². The number of anilines is 1. The zero-order valence-corrected chi connectivity index (χ0v) is 11.2. The summed E-state index contributed by atoms with van der Waals surface area (Å²) >= 11 is 0. The largest absolute Gasteiger partial charge is 0.466 e. The number of fused-ring (bicyclic) bond motifs is 1. The number of rotatable bonds is 4. The Morgan fingerprint density at radius 2 is 2.28 bits per heavy atom. The fourth-order valence-corrected chi connectivity index (χ4v) is 2.50. The van der Waals surface area contributed by atoms with Crippen molar-refractivity contribution in [3.05, 3.63) is 29.3 Å². The van der Waals surface area contributed by atoms with Crippen LogP contribution in [0.3, 0.4) is 0 Å². The van der Waals surface area contributed by atoms with Crippen LogP contribution in [0.1, 0.15) is 43.7 Å². The van der Waals surface area contributed by atoms with Crippen LogP contribution in [0, 0.1) is 0 Å². The van der Waals surface area contributed by atoms with Gasteiger partial charge in [0, 0.05) is 12.2 Å². The minimum Gasteiger partial charge on any atom is -0.466 e. The molecular formula is C15H21NO2. The second-order valence-corrected chi connectivity index (χ2v) is 4.70. The van der Waals surface area contributed by atoms with Crippen molar-refractivity contribution in [2.45, 2.75) is 39.0 Å². The van der Waals surface area contributed by atoms with Crippen LogP contribution in [0.4, 0.5) is 5.69 Å². The minimum absolute atomic E-state index is 0.0859. The number of nitrogens with one attached hydrogen (secondary N) is 1. The molecule has 0 aliphatic carbocycles. The van der Waals surface area contributed by atoms with Gasteiger partial charge in [0.25, 0.3) is 0 Å². The molecular weight excluding hydrogens is 226 g/mol. The summed E-state index contributed by atoms with van der Waals surface area (Å²) in [5.41, 5.74) is 3.77. The highest BCUT2D eigenvalue weighted by atomic mass is 16.5. The number of carbonyl (C=O) groups excluding carboxylic acids is 1. The van der Waals surface area contributed by atoms with E-state index >= 15 is 0 Å². The first-order chi connectivity index (χ1) is 8.74. The van der Waals surface area contributed by atoms with Crippen molar-refractivity contribution in [2.24, 2.45) is 0 Å². The van der Waals surface area contributed by atoms with E-state index in [-0.39, 0.29) is 5.97 Å². The van der Waals surface area contributed by atoms with Crippen molar-refractivity contribution in [2.75, 3.05) is 18.5 Å². The van der Waals surface area contributed by atoms with E-state index in [1.165, 1.54) is 16.8 Å². The molecule has 0 bridgehead atoms. The SMILES string of the molecule is CCOC(=O)CC1CCNc2ccc(CC)cc21. The average molecular weight is 247 g/mol. The van der Waals surface area contributed by atoms with Gasteiger partial charge in [-0.25, -0.2) is 0 Å². The molecule has 0 saturated heterocycles. The van der Waals surface area contributed by atoms with E-state index in [0.29, 0.717) is 18.9 Å². The molecule has 0 aromatic heterocycles. The van der Waals surface area contributed by atoms with Crippen LogP contribution in [-0.4, -0.2) is 19.1 Å². The number of aryl methyl sites for hydroxylation is 1. The maximum absolute atomic E-state index is 11.6. The second-order valence-electron chi connectivity index (χ2n) is 4.70. The lowest BCUT2D eigenvalue weighted by Crippen LogP contribution is -2.20. The molecule has 0 radical (unpaired) electrons. The first-order valence-corrected chi connectivity index (χ1v) is 6.77. The second kappa shape index (κ2) is 5.89. The summed E-state index contributed by atoms with van der Waals surface area (Å²) in [5.74, 6) is 0.212. The van der Waals surface area contributed by atoms with E-state index in [1.807, 2.05) is 6.92 Å². The summed E-state index contributed by atoms with van der Waals surface area (Å²) in [5, 5.41) is 3.40. The van der Waals surface area contributed by atoms with Gasteiger partial charge < -0.3 is 10.1 Å². The Morgan fingerprint density at radius 1 is 1.44 bits per heavy atom. The molecule has 2 rings (SSSR count). The van der Waals surface area contributed by atoms with Crippen LogP contribution in [0.25, 0.3) is 0 Å². The Kier molecular flexibility index (Phi) is 4.24. The number of ether oxygens (including phenoxy) is 1. The van der Waals surface area contributed by atoms with E-state index in [4.69, 9.17) is 4.74 Å². The van der Waals surface area contributed by atoms with Gasteiger partial charge in [0.2, 0.25) is 0 Å². The van der Waals surface area contributed by atoms with Crippen LogP contribution in [0.2, 0.25) is 0 Å². The monoisotopic (exact) mass is 247 g/mol. The van der Waals surface area contributed by atoms with Crippen molar-refractivity contribution in [1.29, 1.82) is 0 Å². The number of benzene rings is 1. The van der Waals surface area contributed by atoms with Gasteiger partial charge in [-0.1, -0.05) is 19.1 Å². The summed E-state index contributed by atoms with van der Waals surface area (Å²) < 4.78 is 5.06. The highest BCUT2D eigenvalue weighted by Crippen LogP contribution is 2.34. The molecule has 1 aliphatic rings. The lowest BCUT2D eigenvalue weighted by atomic mass is 9.87. The first kappa shape index (κ1) is 12.9. The maximum Gasteiger partial charge on any atom is 0.306 e. The van der Waals surface area contributed by atoms with E-state index in [0.717, 1.165) is 19.4 Å². The third kappa shape index (κ3) is 2.84. The van der Waals surface area contributed by atoms with Crippen LogP contribution >= 0.6 is 0 Å². The summed E-state index contributed by atoms with van der Waals surface area (Å²) in [4.78, 5) is 11.6. The number of hydrogen-bond donors (Lipinski definition) is 1. The van der Waals surface area contributed by atoms with Gasteiger partial charge in [0.1, 0.15) is 0 Å². The standard InChI is InChI=1S/C15H21NO2/c1-3-11-5-6-14-13(9-11)12(7-8-16-14)10-15(17)18-4-2/h5-6,9,12,16H,3-4,7-8,10H2,1-2H3. The summed E-state index contributed by atoms with van der Waals surface area (Å²) in [6.45, 7) is 5.40. The predicted octanol–water partition coefficient (Wildman–Crippen LogP) is 3.10. The molecule has 0 fully saturated rings. The van der Waals surface area contributed by atoms with Crippen molar-refractivity contribution in [1.82, 2.24) is 0 Å². The van der Waals surface area contributed by atoms with Crippen molar-refractivity contribution in [3.63, 3.8) is 0 Å². The Hall–Kier alpha value is -1.51. The van der Waals surface area contributed by atoms with Gasteiger partial charge in [0.15, 0.2) is 0 Å². The number of hydrogen-bond acceptors (Lipinski definition) is 3. The van der Waals surface area contributed by atoms with Crippen molar-refractivity contribution in [3.8, 4) is 0 Å². The van der Waals surface area contributed by atoms with Crippen LogP contribution in [0.5, 0.6) is 0 Å². The van der Waals surface area contributed by atoms with Gasteiger partial charge in [0.05, 0.1) is 13.0 Å². The molecule has 1 aromatic carbocycles. The maximum atomic E-state index is 11.6. The third-order valence-corrected chi connectivity index (χ3v) is 3.49. The normalized spacial score (nSPS) is 17.8. The quantitative estimate of drug-likeness (QED) is 0.831. The predicted molar refractivity (Wildman–Crippen MR) is 72.9 cm³/mol. The first-order valence-electron chi connectivity index (χ1n) is 6.77. The molecule has 0 saturated carbocycles. The van der Waals surface area contributed by atoms with Gasteiger partial charge in [-0.3, -0.25) is 4.79 Å². The zero-order chi connectivity index (χ0) is 13.0. The Bertz CT molecular complexity index is 429. The Morgan fingerprint density at radius 3 is 3.00 bits per heavy atom. The fourth-order valence-electron chi connectivity index (χ4n) is 2.50. The van der Waals surface area contributed by atoms with Crippen LogP contribution < -0.4 is 5.32 Å². The molecule has 0 spiro atoms. The molecule has 1 heterocycles. The van der Waals surface area contributed by atoms with Gasteiger partial charge >= 0.3 is 5.97 Å². The van der Waals surface area contributed by atoms with E-state index < -0.39 is 0 Å². The van der Waals surface area contributed by atoms with E-state index in [2.05, 4.69) is 30.4 Å². The molecule has 1 unspecified atom stereocenters. The highest BCUT2D eigenvalue weighted by molar-refractivity contribution is 5.71. The molecule has 18 heavy (non-hydrogen) atoms. The highest BCUT2D eigenvalue weighted by Gasteiger charge is 2.23. The van der Waals surface area contributed by atoms with Crippen molar-refractivity contribution < 1.29 is 9.53 Å². The lowest BCUT2D eigenvalue weighted by molar-refractivity contribution is -0.143. The molecule has 1 atom stereocenters. The van der Waals surface area contributed by atoms with Gasteiger partial charge in [-0.05, 0) is 42.9 Å². The number of carbonyl (C=O) groups is 1. The smallest absolute Gasteiger partial charge is 0.306 e. The molecule has 3 nitrogen and oxygen atoms in total.